The van der Waals surface area contributed by atoms with Gasteiger partial charge in [-0.25, -0.2) is 9.97 Å². The van der Waals surface area contributed by atoms with Crippen molar-refractivity contribution in [3.63, 3.8) is 0 Å². The Labute approximate surface area is 276 Å². The van der Waals surface area contributed by atoms with Gasteiger partial charge in [0.2, 0.25) is 0 Å². The van der Waals surface area contributed by atoms with Gasteiger partial charge < -0.3 is 25.2 Å². The molecule has 4 aromatic rings. The van der Waals surface area contributed by atoms with E-state index in [0.29, 0.717) is 40.9 Å². The van der Waals surface area contributed by atoms with Gasteiger partial charge >= 0.3 is 6.18 Å². The number of hydrogen-bond acceptors (Lipinski definition) is 9. The van der Waals surface area contributed by atoms with Gasteiger partial charge in [-0.2, -0.15) is 18.4 Å². The summed E-state index contributed by atoms with van der Waals surface area (Å²) in [6.07, 6.45) is 2.94. The van der Waals surface area contributed by atoms with Crippen molar-refractivity contribution >= 4 is 38.3 Å². The van der Waals surface area contributed by atoms with Crippen molar-refractivity contribution in [3.8, 4) is 11.8 Å². The largest absolute Gasteiger partial charge is 0.508 e. The quantitative estimate of drug-likeness (QED) is 0.124. The number of phenolic OH excluding ortho intramolecular Hbond substituents is 1. The molecule has 0 atom stereocenters. The second-order valence-corrected chi connectivity index (χ2v) is 13.7. The number of nitrogens with zero attached hydrogens (tertiary/aromatic N) is 6. The number of nitrogens with one attached hydrogen (secondary N) is 2. The predicted molar refractivity (Wildman–Crippen MR) is 180 cm³/mol. The lowest BCUT2D eigenvalue weighted by atomic mass is 10.0. The highest BCUT2D eigenvalue weighted by Crippen LogP contribution is 2.34. The summed E-state index contributed by atoms with van der Waals surface area (Å²) in [5.41, 5.74) is 2.29. The minimum absolute atomic E-state index is 0.123. The summed E-state index contributed by atoms with van der Waals surface area (Å²) < 4.78 is 40.8. The van der Waals surface area contributed by atoms with Gasteiger partial charge in [0.15, 0.2) is 0 Å². The Bertz CT molecular complexity index is 1730. The van der Waals surface area contributed by atoms with Crippen molar-refractivity contribution in [1.82, 2.24) is 29.7 Å². The first-order chi connectivity index (χ1) is 22.7. The van der Waals surface area contributed by atoms with E-state index >= 15 is 0 Å². The number of rotatable bonds is 12. The molecule has 2 aliphatic rings. The smallest absolute Gasteiger partial charge is 0.393 e. The molecular weight excluding hydrogens is 625 g/mol. The number of fused-ring (bicyclic) bond motifs is 2. The second-order valence-electron chi connectivity index (χ2n) is 12.6. The Kier molecular flexibility index (Phi) is 10.3. The van der Waals surface area contributed by atoms with Crippen molar-refractivity contribution < 1.29 is 18.3 Å². The van der Waals surface area contributed by atoms with Crippen LogP contribution in [0, 0.1) is 11.3 Å². The summed E-state index contributed by atoms with van der Waals surface area (Å²) in [5, 5.41) is 29.6. The molecule has 0 unspecified atom stereocenters. The molecule has 5 heterocycles. The standard InChI is InChI=1S/C34H41F3N8OS/c1-2-3-8-39-25-4-9-43(10-5-25)13-14-45-27(20-38)16-23-15-24(31(46)18-30(23)45)21-44-11-6-26(7-12-44)42-32-29-17-28(19-34(35,36)37)47-33(29)41-22-40-32/h2,15-18,22,25-26,39,46H,1,3-14,19,21H2,(H,40,41,42). The molecule has 13 heteroatoms. The summed E-state index contributed by atoms with van der Waals surface area (Å²) in [6, 6.07) is 10.3. The maximum Gasteiger partial charge on any atom is 0.393 e. The summed E-state index contributed by atoms with van der Waals surface area (Å²) in [4.78, 5) is 14.0. The number of anilines is 1. The number of benzene rings is 1. The normalized spacial score (nSPS) is 17.4. The minimum Gasteiger partial charge on any atom is -0.508 e. The molecule has 2 aliphatic heterocycles. The van der Waals surface area contributed by atoms with Crippen molar-refractivity contribution in [1.29, 1.82) is 5.26 Å². The molecule has 2 fully saturated rings. The van der Waals surface area contributed by atoms with E-state index in [1.54, 1.807) is 12.1 Å². The molecule has 3 aromatic heterocycles. The Hall–Kier alpha value is -3.70. The van der Waals surface area contributed by atoms with E-state index in [1.807, 2.05) is 22.8 Å². The molecule has 0 radical (unpaired) electrons. The third-order valence-corrected chi connectivity index (χ3v) is 10.3. The van der Waals surface area contributed by atoms with Gasteiger partial charge in [-0.3, -0.25) is 4.90 Å². The Morgan fingerprint density at radius 3 is 2.49 bits per heavy atom. The summed E-state index contributed by atoms with van der Waals surface area (Å²) in [5.74, 6) is 0.795. The number of nitriles is 1. The number of phenols is 1. The maximum atomic E-state index is 12.9. The van der Waals surface area contributed by atoms with Crippen molar-refractivity contribution in [2.45, 2.75) is 69.9 Å². The van der Waals surface area contributed by atoms with E-state index in [2.05, 4.69) is 43.0 Å². The van der Waals surface area contributed by atoms with Crippen LogP contribution in [0.15, 0.2) is 43.2 Å². The van der Waals surface area contributed by atoms with Gasteiger partial charge in [-0.05, 0) is 69.9 Å². The molecule has 1 aromatic carbocycles. The molecule has 0 saturated carbocycles. The zero-order valence-electron chi connectivity index (χ0n) is 26.4. The fourth-order valence-electron chi connectivity index (χ4n) is 6.77. The molecule has 0 bridgehead atoms. The predicted octanol–water partition coefficient (Wildman–Crippen LogP) is 6.03. The van der Waals surface area contributed by atoms with Crippen molar-refractivity contribution in [2.75, 3.05) is 44.6 Å². The lowest BCUT2D eigenvalue weighted by molar-refractivity contribution is -0.126. The lowest BCUT2D eigenvalue weighted by Crippen LogP contribution is -2.43. The number of alkyl halides is 3. The van der Waals surface area contributed by atoms with E-state index in [4.69, 9.17) is 0 Å². The number of halogens is 3. The first-order valence-electron chi connectivity index (χ1n) is 16.3. The molecule has 2 saturated heterocycles. The average Bonchev–Trinajstić information content (AvgIpc) is 3.61. The fraction of sp³-hybridized carbons (Fsp3) is 0.500. The highest BCUT2D eigenvalue weighted by Gasteiger charge is 2.29. The highest BCUT2D eigenvalue weighted by molar-refractivity contribution is 7.18. The van der Waals surface area contributed by atoms with E-state index in [9.17, 15) is 23.5 Å². The van der Waals surface area contributed by atoms with E-state index < -0.39 is 12.6 Å². The SMILES string of the molecule is C=CCCNC1CCN(CCn2c(C#N)cc3cc(CN4CCC(Nc5ncnc6sc(CC(F)(F)F)cc56)CC4)c(O)cc32)CC1. The van der Waals surface area contributed by atoms with Crippen LogP contribution in [0.1, 0.15) is 48.2 Å². The maximum absolute atomic E-state index is 12.9. The molecular formula is C34H41F3N8OS. The number of thiophene rings is 1. The Balaban J connectivity index is 1.04. The van der Waals surface area contributed by atoms with Crippen LogP contribution < -0.4 is 10.6 Å². The topological polar surface area (TPSA) is 105 Å². The van der Waals surface area contributed by atoms with Crippen LogP contribution >= 0.6 is 11.3 Å². The molecule has 9 nitrogen and oxygen atoms in total. The second kappa shape index (κ2) is 14.6. The Morgan fingerprint density at radius 2 is 1.77 bits per heavy atom. The average molecular weight is 667 g/mol. The number of piperidine rings is 2. The number of aromatic nitrogens is 3. The molecule has 0 aliphatic carbocycles. The van der Waals surface area contributed by atoms with E-state index in [0.717, 1.165) is 99.2 Å². The fourth-order valence-corrected chi connectivity index (χ4v) is 7.80. The molecule has 47 heavy (non-hydrogen) atoms. The first-order valence-corrected chi connectivity index (χ1v) is 17.1. The highest BCUT2D eigenvalue weighted by atomic mass is 32.1. The number of aromatic hydroxyl groups is 1. The van der Waals surface area contributed by atoms with Gasteiger partial charge in [0.1, 0.15) is 34.5 Å². The van der Waals surface area contributed by atoms with Gasteiger partial charge in [-0.1, -0.05) is 6.08 Å². The summed E-state index contributed by atoms with van der Waals surface area (Å²) in [6.45, 7) is 10.5. The van der Waals surface area contributed by atoms with Crippen LogP contribution in [-0.4, -0.2) is 87.0 Å². The van der Waals surface area contributed by atoms with Crippen LogP contribution in [0.3, 0.4) is 0 Å². The number of hydrogen-bond donors (Lipinski definition) is 3. The zero-order valence-corrected chi connectivity index (χ0v) is 27.2. The van der Waals surface area contributed by atoms with Gasteiger partial charge in [0, 0.05) is 66.7 Å². The summed E-state index contributed by atoms with van der Waals surface area (Å²) in [7, 11) is 0. The Morgan fingerprint density at radius 1 is 1.02 bits per heavy atom. The van der Waals surface area contributed by atoms with Crippen LogP contribution in [0.2, 0.25) is 0 Å². The van der Waals surface area contributed by atoms with Gasteiger partial charge in [-0.15, -0.1) is 17.9 Å². The molecule has 3 N–H and O–H groups in total. The molecule has 250 valence electrons. The summed E-state index contributed by atoms with van der Waals surface area (Å²) >= 11 is 1.05. The van der Waals surface area contributed by atoms with Gasteiger partial charge in [0.25, 0.3) is 0 Å². The third-order valence-electron chi connectivity index (χ3n) is 9.30. The van der Waals surface area contributed by atoms with Crippen LogP contribution in [0.4, 0.5) is 19.0 Å². The first kappa shape index (κ1) is 33.2. The van der Waals surface area contributed by atoms with E-state index in [1.165, 1.54) is 6.33 Å². The monoisotopic (exact) mass is 666 g/mol. The van der Waals surface area contributed by atoms with Crippen LogP contribution in [-0.2, 0) is 19.5 Å². The molecule has 0 spiro atoms. The molecule has 6 rings (SSSR count). The van der Waals surface area contributed by atoms with Crippen molar-refractivity contribution in [2.24, 2.45) is 0 Å². The number of likely N-dealkylation sites (tertiary alicyclic amines) is 2. The van der Waals surface area contributed by atoms with Crippen LogP contribution in [0.25, 0.3) is 21.1 Å². The molecule has 0 amide bonds. The van der Waals surface area contributed by atoms with Crippen LogP contribution in [0.5, 0.6) is 5.75 Å². The van der Waals surface area contributed by atoms with E-state index in [-0.39, 0.29) is 16.7 Å². The lowest BCUT2D eigenvalue weighted by Gasteiger charge is -2.33. The van der Waals surface area contributed by atoms with Crippen molar-refractivity contribution in [3.05, 3.63) is 59.4 Å². The zero-order chi connectivity index (χ0) is 33.0. The minimum atomic E-state index is -4.27. The van der Waals surface area contributed by atoms with Gasteiger partial charge in [0.05, 0.1) is 17.3 Å². The third kappa shape index (κ3) is 8.24.